The Kier molecular flexibility index (Phi) is 6.23. The average molecular weight is 245 g/mol. The van der Waals surface area contributed by atoms with Crippen molar-refractivity contribution in [3.63, 3.8) is 0 Å². The average Bonchev–Trinajstić information content (AvgIpc) is 2.32. The van der Waals surface area contributed by atoms with Gasteiger partial charge in [-0.25, -0.2) is 0 Å². The van der Waals surface area contributed by atoms with Gasteiger partial charge >= 0.3 is 11.9 Å². The fourth-order valence-corrected chi connectivity index (χ4v) is 1.25. The molecule has 0 aromatic heterocycles. The van der Waals surface area contributed by atoms with Gasteiger partial charge in [-0.05, 0) is 0 Å². The maximum atomic E-state index is 11.8. The second kappa shape index (κ2) is 6.88. The number of hydrogen-bond donors (Lipinski definition) is 1. The van der Waals surface area contributed by atoms with Gasteiger partial charge in [0.05, 0.1) is 19.4 Å². The molecule has 1 amide bonds. The molecule has 6 nitrogen and oxygen atoms in total. The summed E-state index contributed by atoms with van der Waals surface area (Å²) in [6.45, 7) is 3.27. The number of methoxy groups -OCH3 is 1. The molecule has 0 radical (unpaired) electrons. The quantitative estimate of drug-likeness (QED) is 0.683. The van der Waals surface area contributed by atoms with Crippen molar-refractivity contribution in [3.8, 4) is 0 Å². The van der Waals surface area contributed by atoms with E-state index in [0.29, 0.717) is 0 Å². The van der Waals surface area contributed by atoms with E-state index >= 15 is 0 Å². The Morgan fingerprint density at radius 3 is 2.18 bits per heavy atom. The first-order chi connectivity index (χ1) is 7.81. The molecule has 0 aromatic carbocycles. The fourth-order valence-electron chi connectivity index (χ4n) is 1.25. The molecule has 2 atom stereocenters. The van der Waals surface area contributed by atoms with Crippen molar-refractivity contribution in [1.82, 2.24) is 4.90 Å². The summed E-state index contributed by atoms with van der Waals surface area (Å²) in [6, 6.07) is 0. The van der Waals surface area contributed by atoms with Crippen LogP contribution in [-0.4, -0.2) is 48.6 Å². The lowest BCUT2D eigenvalue weighted by Gasteiger charge is -2.23. The zero-order valence-corrected chi connectivity index (χ0v) is 10.6. The molecule has 0 spiro atoms. The van der Waals surface area contributed by atoms with Gasteiger partial charge in [-0.2, -0.15) is 0 Å². The molecule has 0 aromatic rings. The van der Waals surface area contributed by atoms with Crippen molar-refractivity contribution < 1.29 is 24.2 Å². The third-order valence-corrected chi connectivity index (χ3v) is 2.78. The van der Waals surface area contributed by atoms with Gasteiger partial charge in [0.15, 0.2) is 0 Å². The summed E-state index contributed by atoms with van der Waals surface area (Å²) in [5.74, 6) is -3.06. The van der Waals surface area contributed by atoms with E-state index in [1.54, 1.807) is 6.92 Å². The van der Waals surface area contributed by atoms with Gasteiger partial charge < -0.3 is 14.7 Å². The minimum Gasteiger partial charge on any atom is -0.481 e. The van der Waals surface area contributed by atoms with Crippen LogP contribution < -0.4 is 0 Å². The van der Waals surface area contributed by atoms with Gasteiger partial charge in [-0.1, -0.05) is 13.8 Å². The number of carbonyl (C=O) groups excluding carboxylic acids is 2. The van der Waals surface area contributed by atoms with Crippen LogP contribution in [-0.2, 0) is 19.1 Å². The molecule has 0 aliphatic rings. The van der Waals surface area contributed by atoms with E-state index in [4.69, 9.17) is 5.11 Å². The minimum absolute atomic E-state index is 0.104. The molecule has 2 unspecified atom stereocenters. The molecular weight excluding hydrogens is 226 g/mol. The molecule has 0 rings (SSSR count). The van der Waals surface area contributed by atoms with E-state index in [1.165, 1.54) is 26.0 Å². The molecular formula is C11H19NO5. The normalized spacial score (nSPS) is 13.6. The lowest BCUT2D eigenvalue weighted by atomic mass is 9.95. The van der Waals surface area contributed by atoms with E-state index in [-0.39, 0.29) is 18.9 Å². The molecule has 17 heavy (non-hydrogen) atoms. The zero-order chi connectivity index (χ0) is 13.6. The summed E-state index contributed by atoms with van der Waals surface area (Å²) in [7, 11) is 2.82. The Hall–Kier alpha value is -1.59. The summed E-state index contributed by atoms with van der Waals surface area (Å²) < 4.78 is 4.46. The van der Waals surface area contributed by atoms with Gasteiger partial charge in [-0.3, -0.25) is 14.4 Å². The van der Waals surface area contributed by atoms with Crippen molar-refractivity contribution in [3.05, 3.63) is 0 Å². The highest BCUT2D eigenvalue weighted by atomic mass is 16.5. The number of amides is 1. The van der Waals surface area contributed by atoms with E-state index in [2.05, 4.69) is 4.74 Å². The number of aliphatic carboxylic acids is 1. The van der Waals surface area contributed by atoms with Crippen LogP contribution in [0.25, 0.3) is 0 Å². The van der Waals surface area contributed by atoms with Crippen molar-refractivity contribution in [2.24, 2.45) is 11.8 Å². The van der Waals surface area contributed by atoms with Crippen LogP contribution in [0.15, 0.2) is 0 Å². The Morgan fingerprint density at radius 2 is 1.76 bits per heavy atom. The highest BCUT2D eigenvalue weighted by Gasteiger charge is 2.28. The van der Waals surface area contributed by atoms with E-state index < -0.39 is 23.8 Å². The smallest absolute Gasteiger partial charge is 0.307 e. The first-order valence-corrected chi connectivity index (χ1v) is 5.35. The molecule has 0 heterocycles. The number of carboxylic acid groups (broad SMARTS) is 1. The molecule has 1 N–H and O–H groups in total. The first-order valence-electron chi connectivity index (χ1n) is 5.35. The predicted molar refractivity (Wildman–Crippen MR) is 60.2 cm³/mol. The largest absolute Gasteiger partial charge is 0.481 e. The Bertz CT molecular complexity index is 302. The molecule has 6 heteroatoms. The molecule has 0 saturated carbocycles. The van der Waals surface area contributed by atoms with Crippen LogP contribution in [0.1, 0.15) is 20.3 Å². The number of nitrogens with zero attached hydrogens (tertiary/aromatic N) is 1. The number of esters is 1. The molecule has 0 aliphatic carbocycles. The van der Waals surface area contributed by atoms with E-state index in [0.717, 1.165) is 0 Å². The second-order valence-corrected chi connectivity index (χ2v) is 4.00. The Morgan fingerprint density at radius 1 is 1.24 bits per heavy atom. The minimum atomic E-state index is -1.01. The van der Waals surface area contributed by atoms with E-state index in [1.807, 2.05) is 0 Å². The maximum absolute atomic E-state index is 11.8. The van der Waals surface area contributed by atoms with Gasteiger partial charge in [0.1, 0.15) is 0 Å². The van der Waals surface area contributed by atoms with Gasteiger partial charge in [0.2, 0.25) is 5.91 Å². The molecule has 0 fully saturated rings. The summed E-state index contributed by atoms with van der Waals surface area (Å²) >= 11 is 0. The number of hydrogen-bond acceptors (Lipinski definition) is 4. The van der Waals surface area contributed by atoms with Gasteiger partial charge in [-0.15, -0.1) is 0 Å². The fraction of sp³-hybridized carbons (Fsp3) is 0.727. The molecule has 98 valence electrons. The lowest BCUT2D eigenvalue weighted by Crippen LogP contribution is -2.37. The number of carbonyl (C=O) groups is 3. The summed E-state index contributed by atoms with van der Waals surface area (Å²) in [5.41, 5.74) is 0. The van der Waals surface area contributed by atoms with Crippen LogP contribution in [0.3, 0.4) is 0 Å². The van der Waals surface area contributed by atoms with Gasteiger partial charge in [0.25, 0.3) is 0 Å². The molecule has 0 aliphatic heterocycles. The third-order valence-electron chi connectivity index (χ3n) is 2.78. The lowest BCUT2D eigenvalue weighted by molar-refractivity contribution is -0.149. The summed E-state index contributed by atoms with van der Waals surface area (Å²) in [5, 5.41) is 8.79. The summed E-state index contributed by atoms with van der Waals surface area (Å²) in [6.07, 6.45) is 0.104. The van der Waals surface area contributed by atoms with E-state index in [9.17, 15) is 14.4 Å². The first kappa shape index (κ1) is 15.4. The number of rotatable bonds is 6. The predicted octanol–water partition coefficient (Wildman–Crippen LogP) is 0.365. The van der Waals surface area contributed by atoms with Crippen molar-refractivity contribution in [1.29, 1.82) is 0 Å². The van der Waals surface area contributed by atoms with Crippen LogP contribution in [0, 0.1) is 11.8 Å². The standard InChI is InChI=1S/C11H19NO5/c1-7(8(2)11(15)16)10(14)12(3)6-5-9(13)17-4/h7-8H,5-6H2,1-4H3,(H,15,16). The highest BCUT2D eigenvalue weighted by molar-refractivity contribution is 5.84. The SMILES string of the molecule is COC(=O)CCN(C)C(=O)C(C)C(C)C(=O)O. The van der Waals surface area contributed by atoms with Crippen LogP contribution >= 0.6 is 0 Å². The monoisotopic (exact) mass is 245 g/mol. The number of ether oxygens (including phenoxy) is 1. The Labute approximate surface area is 101 Å². The maximum Gasteiger partial charge on any atom is 0.307 e. The van der Waals surface area contributed by atoms with Crippen LogP contribution in [0.4, 0.5) is 0 Å². The second-order valence-electron chi connectivity index (χ2n) is 4.00. The topological polar surface area (TPSA) is 83.9 Å². The zero-order valence-electron chi connectivity index (χ0n) is 10.6. The molecule has 0 bridgehead atoms. The van der Waals surface area contributed by atoms with Crippen LogP contribution in [0.2, 0.25) is 0 Å². The van der Waals surface area contributed by atoms with Crippen molar-refractivity contribution >= 4 is 17.8 Å². The summed E-state index contributed by atoms with van der Waals surface area (Å²) in [4.78, 5) is 34.8. The third kappa shape index (κ3) is 4.84. The molecule has 0 saturated heterocycles. The van der Waals surface area contributed by atoms with Crippen LogP contribution in [0.5, 0.6) is 0 Å². The Balaban J connectivity index is 4.30. The number of carboxylic acids is 1. The highest BCUT2D eigenvalue weighted by Crippen LogP contribution is 2.14. The van der Waals surface area contributed by atoms with Crippen molar-refractivity contribution in [2.45, 2.75) is 20.3 Å². The van der Waals surface area contributed by atoms with Gasteiger partial charge in [0, 0.05) is 19.5 Å². The van der Waals surface area contributed by atoms with Crippen molar-refractivity contribution in [2.75, 3.05) is 20.7 Å².